The second-order valence-corrected chi connectivity index (χ2v) is 7.97. The van der Waals surface area contributed by atoms with Gasteiger partial charge in [0.25, 0.3) is 0 Å². The molecule has 0 radical (unpaired) electrons. The molecule has 0 bridgehead atoms. The zero-order chi connectivity index (χ0) is 15.6. The fourth-order valence-corrected chi connectivity index (χ4v) is 3.90. The molecule has 1 nitrogen and oxygen atoms in total. The molecule has 0 spiro atoms. The van der Waals surface area contributed by atoms with Crippen LogP contribution in [0.3, 0.4) is 0 Å². The van der Waals surface area contributed by atoms with Crippen LogP contribution in [0.25, 0.3) is 0 Å². The number of ketones is 1. The summed E-state index contributed by atoms with van der Waals surface area (Å²) in [6.45, 7) is 18.0. The molecule has 0 fully saturated rings. The third-order valence-electron chi connectivity index (χ3n) is 5.02. The molecule has 1 rings (SSSR count). The van der Waals surface area contributed by atoms with Crippen molar-refractivity contribution in [1.82, 2.24) is 0 Å². The Balaban J connectivity index is 3.19. The first-order chi connectivity index (χ1) is 9.16. The molecular weight excluding hydrogens is 244 g/mol. The summed E-state index contributed by atoms with van der Waals surface area (Å²) in [6, 6.07) is 0. The summed E-state index contributed by atoms with van der Waals surface area (Å²) in [5.74, 6) is 4.33. The van der Waals surface area contributed by atoms with Gasteiger partial charge in [-0.15, -0.1) is 0 Å². The van der Waals surface area contributed by atoms with Crippen molar-refractivity contribution in [3.63, 3.8) is 0 Å². The van der Waals surface area contributed by atoms with Crippen molar-refractivity contribution < 1.29 is 4.79 Å². The van der Waals surface area contributed by atoms with Gasteiger partial charge in [-0.2, -0.15) is 0 Å². The van der Waals surface area contributed by atoms with E-state index in [2.05, 4.69) is 47.6 Å². The number of hydrogen-bond acceptors (Lipinski definition) is 1. The molecule has 0 aromatic carbocycles. The van der Waals surface area contributed by atoms with Crippen molar-refractivity contribution >= 4 is 5.78 Å². The molecule has 0 N–H and O–H groups in total. The van der Waals surface area contributed by atoms with E-state index < -0.39 is 0 Å². The third kappa shape index (κ3) is 3.74. The molecule has 3 atom stereocenters. The van der Waals surface area contributed by atoms with Gasteiger partial charge in [-0.25, -0.2) is 0 Å². The summed E-state index contributed by atoms with van der Waals surface area (Å²) in [5, 5.41) is 0. The molecule has 0 amide bonds. The third-order valence-corrected chi connectivity index (χ3v) is 5.02. The Morgan fingerprint density at radius 2 is 1.50 bits per heavy atom. The van der Waals surface area contributed by atoms with Crippen LogP contribution in [0, 0.1) is 41.4 Å². The lowest BCUT2D eigenvalue weighted by atomic mass is 9.61. The lowest BCUT2D eigenvalue weighted by molar-refractivity contribution is -0.118. The second-order valence-electron chi connectivity index (χ2n) is 7.97. The average molecular weight is 278 g/mol. The Morgan fingerprint density at radius 3 is 1.85 bits per heavy atom. The van der Waals surface area contributed by atoms with Crippen LogP contribution >= 0.6 is 0 Å². The molecule has 1 aliphatic rings. The Kier molecular flexibility index (Phi) is 6.04. The van der Waals surface area contributed by atoms with Gasteiger partial charge in [-0.05, 0) is 47.5 Å². The van der Waals surface area contributed by atoms with Crippen LogP contribution in [0.1, 0.15) is 61.8 Å². The van der Waals surface area contributed by atoms with E-state index in [0.29, 0.717) is 41.3 Å². The summed E-state index contributed by atoms with van der Waals surface area (Å²) in [4.78, 5) is 12.4. The quantitative estimate of drug-likeness (QED) is 0.661. The Morgan fingerprint density at radius 1 is 0.950 bits per heavy atom. The predicted octanol–water partition coefficient (Wildman–Crippen LogP) is 5.36. The van der Waals surface area contributed by atoms with E-state index in [1.807, 2.05) is 13.8 Å². The van der Waals surface area contributed by atoms with Crippen LogP contribution < -0.4 is 0 Å². The number of rotatable bonds is 5. The highest BCUT2D eigenvalue weighted by molar-refractivity contribution is 5.96. The highest BCUT2D eigenvalue weighted by atomic mass is 16.1. The van der Waals surface area contributed by atoms with Crippen LogP contribution in [0.5, 0.6) is 0 Å². The lowest BCUT2D eigenvalue weighted by Crippen LogP contribution is -2.38. The SMILES string of the molecule is CC(C)C(=O)C1=CC(C(C)C)C(C(C)C)C(C(C)C)C1. The number of hydrogen-bond donors (Lipinski definition) is 0. The molecule has 3 unspecified atom stereocenters. The van der Waals surface area contributed by atoms with Crippen molar-refractivity contribution in [2.75, 3.05) is 0 Å². The Labute approximate surface area is 126 Å². The Hall–Kier alpha value is -0.590. The van der Waals surface area contributed by atoms with Crippen molar-refractivity contribution in [2.24, 2.45) is 41.4 Å². The van der Waals surface area contributed by atoms with Crippen LogP contribution in [-0.2, 0) is 4.79 Å². The monoisotopic (exact) mass is 278 g/mol. The minimum absolute atomic E-state index is 0.123. The van der Waals surface area contributed by atoms with Crippen LogP contribution in [-0.4, -0.2) is 5.78 Å². The van der Waals surface area contributed by atoms with Crippen LogP contribution in [0.15, 0.2) is 11.6 Å². The highest BCUT2D eigenvalue weighted by Crippen LogP contribution is 2.45. The van der Waals surface area contributed by atoms with Gasteiger partial charge in [0.15, 0.2) is 5.78 Å². The molecule has 20 heavy (non-hydrogen) atoms. The van der Waals surface area contributed by atoms with Crippen molar-refractivity contribution in [3.05, 3.63) is 11.6 Å². The maximum atomic E-state index is 12.4. The molecule has 0 heterocycles. The second kappa shape index (κ2) is 6.91. The van der Waals surface area contributed by atoms with E-state index in [9.17, 15) is 4.79 Å². The standard InChI is InChI=1S/C19H34O/c1-11(2)16-9-15(19(20)14(7)8)10-17(12(3)4)18(16)13(5)6/h9,11-14,16-18H,10H2,1-8H3. The first kappa shape index (κ1) is 17.5. The molecule has 1 heteroatoms. The minimum Gasteiger partial charge on any atom is -0.294 e. The van der Waals surface area contributed by atoms with Gasteiger partial charge in [-0.3, -0.25) is 4.79 Å². The molecule has 0 aliphatic heterocycles. The molecule has 0 saturated carbocycles. The molecule has 116 valence electrons. The summed E-state index contributed by atoms with van der Waals surface area (Å²) in [5.41, 5.74) is 1.11. The van der Waals surface area contributed by atoms with Crippen LogP contribution in [0.2, 0.25) is 0 Å². The normalized spacial score (nSPS) is 27.6. The number of Topliss-reactive ketones (excluding diaryl/α,β-unsaturated/α-hetero) is 1. The molecule has 0 aromatic rings. The van der Waals surface area contributed by atoms with Crippen molar-refractivity contribution in [1.29, 1.82) is 0 Å². The fourth-order valence-electron chi connectivity index (χ4n) is 3.90. The van der Waals surface area contributed by atoms with E-state index in [0.717, 1.165) is 12.0 Å². The van der Waals surface area contributed by atoms with Crippen molar-refractivity contribution in [2.45, 2.75) is 61.8 Å². The average Bonchev–Trinajstić information content (AvgIpc) is 2.35. The smallest absolute Gasteiger partial charge is 0.161 e. The van der Waals surface area contributed by atoms with E-state index >= 15 is 0 Å². The Bertz CT molecular complexity index is 360. The molecular formula is C19H34O. The first-order valence-electron chi connectivity index (χ1n) is 8.41. The zero-order valence-corrected chi connectivity index (χ0v) is 14.7. The number of allylic oxidation sites excluding steroid dienone is 2. The van der Waals surface area contributed by atoms with Gasteiger partial charge in [0, 0.05) is 5.92 Å². The van der Waals surface area contributed by atoms with E-state index in [1.54, 1.807) is 0 Å². The topological polar surface area (TPSA) is 17.1 Å². The fraction of sp³-hybridized carbons (Fsp3) is 0.842. The van der Waals surface area contributed by atoms with Gasteiger partial charge in [0.05, 0.1) is 0 Å². The number of carbonyl (C=O) groups is 1. The maximum Gasteiger partial charge on any atom is 0.161 e. The van der Waals surface area contributed by atoms with E-state index in [1.165, 1.54) is 0 Å². The van der Waals surface area contributed by atoms with Gasteiger partial charge >= 0.3 is 0 Å². The molecule has 0 saturated heterocycles. The van der Waals surface area contributed by atoms with Gasteiger partial charge < -0.3 is 0 Å². The lowest BCUT2D eigenvalue weighted by Gasteiger charge is -2.43. The highest BCUT2D eigenvalue weighted by Gasteiger charge is 2.39. The largest absolute Gasteiger partial charge is 0.294 e. The molecule has 0 aromatic heterocycles. The maximum absolute atomic E-state index is 12.4. The summed E-state index contributed by atoms with van der Waals surface area (Å²) < 4.78 is 0. The zero-order valence-electron chi connectivity index (χ0n) is 14.7. The van der Waals surface area contributed by atoms with E-state index in [-0.39, 0.29) is 5.92 Å². The van der Waals surface area contributed by atoms with Gasteiger partial charge in [0.1, 0.15) is 0 Å². The first-order valence-corrected chi connectivity index (χ1v) is 8.41. The molecule has 1 aliphatic carbocycles. The summed E-state index contributed by atoms with van der Waals surface area (Å²) in [7, 11) is 0. The predicted molar refractivity (Wildman–Crippen MR) is 87.5 cm³/mol. The van der Waals surface area contributed by atoms with Crippen LogP contribution in [0.4, 0.5) is 0 Å². The summed E-state index contributed by atoms with van der Waals surface area (Å²) >= 11 is 0. The van der Waals surface area contributed by atoms with E-state index in [4.69, 9.17) is 0 Å². The number of carbonyl (C=O) groups excluding carboxylic acids is 1. The van der Waals surface area contributed by atoms with Gasteiger partial charge in [-0.1, -0.05) is 61.5 Å². The van der Waals surface area contributed by atoms with Gasteiger partial charge in [0.2, 0.25) is 0 Å². The summed E-state index contributed by atoms with van der Waals surface area (Å²) in [6.07, 6.45) is 3.32. The van der Waals surface area contributed by atoms with Crippen molar-refractivity contribution in [3.8, 4) is 0 Å². The minimum atomic E-state index is 0.123.